The van der Waals surface area contributed by atoms with E-state index in [9.17, 15) is 118 Å². The number of carbonyl (C=O) groups is 16. The number of phenolic OH excluding ortho intramolecular Hbond substituents is 1. The van der Waals surface area contributed by atoms with E-state index >= 15 is 0 Å². The number of aromatic hydroxyl groups is 1. The van der Waals surface area contributed by atoms with Crippen LogP contribution in [0.15, 0.2) is 54.6 Å². The molecule has 38 heteroatoms. The number of aliphatic hydroxyl groups is 4. The summed E-state index contributed by atoms with van der Waals surface area (Å²) < 4.78 is 0. The Kier molecular flexibility index (Phi) is 35.3. The van der Waals surface area contributed by atoms with Gasteiger partial charge in [0.1, 0.15) is 72.2 Å². The minimum absolute atomic E-state index is 0.0118. The number of aliphatic hydroxyl groups excluding tert-OH is 4. The van der Waals surface area contributed by atoms with Crippen LogP contribution in [0.1, 0.15) is 123 Å². The summed E-state index contributed by atoms with van der Waals surface area (Å²) in [6, 6.07) is -7.14. The molecule has 0 radical (unpaired) electrons. The summed E-state index contributed by atoms with van der Waals surface area (Å²) >= 11 is 0. The van der Waals surface area contributed by atoms with Gasteiger partial charge in [-0.25, -0.2) is 4.79 Å². The van der Waals surface area contributed by atoms with Gasteiger partial charge in [-0.05, 0) is 107 Å². The number of amides is 13. The van der Waals surface area contributed by atoms with E-state index in [2.05, 4.69) is 53.2 Å². The Morgan fingerprint density at radius 3 is 1.33 bits per heavy atom. The first kappa shape index (κ1) is 88.0. The number of nitrogens with two attached hydrogens (primary N) is 2. The summed E-state index contributed by atoms with van der Waals surface area (Å²) in [6.45, 7) is 6.25. The fourth-order valence-electron chi connectivity index (χ4n) is 11.7. The lowest BCUT2D eigenvalue weighted by molar-refractivity contribution is -0.145. The molecule has 15 unspecified atom stereocenters. The summed E-state index contributed by atoms with van der Waals surface area (Å²) in [6.07, 6.45) is -6.97. The molecule has 2 fully saturated rings. The maximum atomic E-state index is 14.6. The third-order valence-corrected chi connectivity index (χ3v) is 17.5. The van der Waals surface area contributed by atoms with Crippen molar-refractivity contribution in [1.29, 1.82) is 0 Å². The highest BCUT2D eigenvalue weighted by molar-refractivity contribution is 6.00. The number of rotatable bonds is 43. The lowest BCUT2D eigenvalue weighted by Crippen LogP contribution is -2.62. The number of hydrogen-bond acceptors (Lipinski definition) is 22. The van der Waals surface area contributed by atoms with Crippen molar-refractivity contribution >= 4 is 94.7 Å². The van der Waals surface area contributed by atoms with Crippen LogP contribution >= 0.6 is 0 Å². The molecule has 38 nitrogen and oxygen atoms in total. The van der Waals surface area contributed by atoms with E-state index in [1.165, 1.54) is 17.0 Å². The summed E-state index contributed by atoms with van der Waals surface area (Å²) in [4.78, 5) is 218. The maximum Gasteiger partial charge on any atom is 0.328 e. The van der Waals surface area contributed by atoms with Gasteiger partial charge in [0.15, 0.2) is 6.04 Å². The van der Waals surface area contributed by atoms with Crippen LogP contribution in [0.2, 0.25) is 0 Å². The van der Waals surface area contributed by atoms with Crippen molar-refractivity contribution in [3.63, 3.8) is 0 Å². The number of benzene rings is 2. The molecular formula is C68H100N14O24. The van der Waals surface area contributed by atoms with Crippen LogP contribution in [0.25, 0.3) is 0 Å². The fourth-order valence-corrected chi connectivity index (χ4v) is 11.7. The van der Waals surface area contributed by atoms with Gasteiger partial charge in [-0.2, -0.15) is 0 Å². The Morgan fingerprint density at radius 1 is 0.453 bits per heavy atom. The predicted octanol–water partition coefficient (Wildman–Crippen LogP) is -6.14. The molecular weight excluding hydrogens is 1400 g/mol. The van der Waals surface area contributed by atoms with E-state index in [0.717, 1.165) is 18.7 Å². The second-order valence-electron chi connectivity index (χ2n) is 26.9. The van der Waals surface area contributed by atoms with Gasteiger partial charge in [-0.3, -0.25) is 71.9 Å². The van der Waals surface area contributed by atoms with Crippen LogP contribution in [0.3, 0.4) is 0 Å². The molecule has 0 aliphatic carbocycles. The highest BCUT2D eigenvalue weighted by Crippen LogP contribution is 2.24. The van der Waals surface area contributed by atoms with Crippen LogP contribution in [0.4, 0.5) is 0 Å². The molecule has 106 heavy (non-hydrogen) atoms. The quantitative estimate of drug-likeness (QED) is 0.0294. The van der Waals surface area contributed by atoms with Gasteiger partial charge in [0.05, 0.1) is 31.5 Å². The van der Waals surface area contributed by atoms with Gasteiger partial charge >= 0.3 is 17.9 Å². The smallest absolute Gasteiger partial charge is 0.328 e. The van der Waals surface area contributed by atoms with Crippen molar-refractivity contribution in [1.82, 2.24) is 63.0 Å². The Morgan fingerprint density at radius 2 is 0.858 bits per heavy atom. The number of phenols is 1. The second-order valence-corrected chi connectivity index (χ2v) is 26.9. The number of nitrogens with zero attached hydrogens (tertiary/aromatic N) is 2. The summed E-state index contributed by atoms with van der Waals surface area (Å²) in [5.74, 6) is -19.2. The molecule has 586 valence electrons. The van der Waals surface area contributed by atoms with Gasteiger partial charge in [0, 0.05) is 38.8 Å². The molecule has 0 spiro atoms. The van der Waals surface area contributed by atoms with Crippen LogP contribution in [0, 0.1) is 11.8 Å². The van der Waals surface area contributed by atoms with Gasteiger partial charge in [-0.15, -0.1) is 0 Å². The number of likely N-dealkylation sites (tertiary alicyclic amines) is 2. The molecule has 0 bridgehead atoms. The molecule has 0 saturated carbocycles. The molecule has 22 N–H and O–H groups in total. The first-order valence-corrected chi connectivity index (χ1v) is 34.6. The fraction of sp³-hybridized carbons (Fsp3) is 0.588. The summed E-state index contributed by atoms with van der Waals surface area (Å²) in [5, 5.41) is 103. The maximum absolute atomic E-state index is 14.6. The Hall–Kier alpha value is -10.4. The van der Waals surface area contributed by atoms with Gasteiger partial charge in [0.25, 0.3) is 0 Å². The number of aliphatic carboxylic acids is 3. The van der Waals surface area contributed by atoms with E-state index < -0.39 is 243 Å². The summed E-state index contributed by atoms with van der Waals surface area (Å²) in [5.41, 5.74) is 12.7. The number of nitrogens with one attached hydrogen (secondary N) is 10. The average Bonchev–Trinajstić information content (AvgIpc) is 1.44. The zero-order valence-corrected chi connectivity index (χ0v) is 59.7. The van der Waals surface area contributed by atoms with Gasteiger partial charge < -0.3 is 115 Å². The van der Waals surface area contributed by atoms with E-state index in [1.54, 1.807) is 70.2 Å². The molecule has 2 aromatic carbocycles. The zero-order valence-electron chi connectivity index (χ0n) is 59.7. The van der Waals surface area contributed by atoms with Crippen LogP contribution in [-0.4, -0.2) is 262 Å². The Labute approximate surface area is 610 Å². The molecule has 2 saturated heterocycles. The van der Waals surface area contributed by atoms with Crippen LogP contribution in [-0.2, 0) is 89.6 Å². The van der Waals surface area contributed by atoms with Crippen molar-refractivity contribution in [2.45, 2.75) is 216 Å². The topological polar surface area (TPSA) is 614 Å². The number of primary amides is 1. The molecule has 0 aromatic heterocycles. The lowest BCUT2D eigenvalue weighted by Gasteiger charge is -2.32. The number of carboxylic acid groups (broad SMARTS) is 3. The van der Waals surface area contributed by atoms with E-state index in [0.29, 0.717) is 17.5 Å². The first-order valence-electron chi connectivity index (χ1n) is 34.6. The predicted molar refractivity (Wildman–Crippen MR) is 370 cm³/mol. The highest BCUT2D eigenvalue weighted by Gasteiger charge is 2.44. The zero-order chi connectivity index (χ0) is 79.4. The molecule has 15 atom stereocenters. The monoisotopic (exact) mass is 1500 g/mol. The molecule has 4 rings (SSSR count). The van der Waals surface area contributed by atoms with Gasteiger partial charge in [-0.1, -0.05) is 70.2 Å². The second kappa shape index (κ2) is 42.5. The van der Waals surface area contributed by atoms with E-state index in [4.69, 9.17) is 11.5 Å². The first-order chi connectivity index (χ1) is 49.9. The third kappa shape index (κ3) is 27.6. The molecule has 13 amide bonds. The van der Waals surface area contributed by atoms with E-state index in [1.807, 2.05) is 0 Å². The van der Waals surface area contributed by atoms with E-state index in [-0.39, 0.29) is 63.3 Å². The summed E-state index contributed by atoms with van der Waals surface area (Å²) in [7, 11) is 0. The molecule has 2 aliphatic rings. The normalized spacial score (nSPS) is 17.8. The van der Waals surface area contributed by atoms with Gasteiger partial charge in [0.2, 0.25) is 76.8 Å². The van der Waals surface area contributed by atoms with Crippen molar-refractivity contribution in [2.75, 3.05) is 26.3 Å². The third-order valence-electron chi connectivity index (χ3n) is 17.5. The number of carboxylic acids is 3. The van der Waals surface area contributed by atoms with Crippen molar-refractivity contribution in [3.8, 4) is 5.75 Å². The SMILES string of the molecule is CC(C)CC(NC(=O)C(CO)NC(=O)C(CCC(N)=O)NC(=O)C(CO)NC(=O)C(CCC(=O)O)NC(=O)C(NC(=O)C(Cc1ccccc1)NC(=O)C1CCCN1C(=O)C(CCC(=O)O)NC(=O)C(NC(=O)C1CCCN1C(=O)C(N)Cc1ccc(O)cc1)C(C)C)C(C)O)C(=O)NC(C(=O)O)C(C)O. The van der Waals surface area contributed by atoms with Crippen LogP contribution in [0.5, 0.6) is 5.75 Å². The van der Waals surface area contributed by atoms with Crippen molar-refractivity contribution < 1.29 is 118 Å². The minimum atomic E-state index is -2.07. The average molecular weight is 1500 g/mol. The Balaban J connectivity index is 1.53. The number of carbonyl (C=O) groups excluding carboxylic acids is 13. The van der Waals surface area contributed by atoms with Crippen molar-refractivity contribution in [2.24, 2.45) is 23.3 Å². The standard InChI is InChI=1S/C68H100N14O24/c1-33(2)28-44(58(95)80-55(36(6)86)68(105)106)74-61(98)47(32-84)77-56(93)41(20-23-50(70)88)71-60(97)46(31-83)76-57(94)42(21-24-51(89)90)72-65(102)54(35(5)85)79-59(96)45(30-37-12-8-7-9-13-37)75-62(99)48-14-11-27-82(48)67(104)43(22-25-52(91)92)73-64(101)53(34(3)4)78-63(100)49-15-10-26-81(49)66(103)40(69)29-38-16-18-39(87)19-17-38/h7-9,12-13,16-19,33-36,40-49,53-55,83-87H,10-11,14-15,20-32,69H2,1-6H3,(H2,70,88)(H,71,97)(H,72,102)(H,73,101)(H,74,98)(H,75,99)(H,76,94)(H,77,93)(H,78,100)(H,79,96)(H,80,95)(H,89,90)(H,91,92)(H,105,106). The number of hydrogen-bond donors (Lipinski definition) is 20. The molecule has 2 aromatic rings. The van der Waals surface area contributed by atoms with Crippen LogP contribution < -0.4 is 64.6 Å². The Bertz CT molecular complexity index is 3430. The molecule has 2 heterocycles. The largest absolute Gasteiger partial charge is 0.508 e. The molecule has 2 aliphatic heterocycles. The lowest BCUT2D eigenvalue weighted by atomic mass is 10.0. The van der Waals surface area contributed by atoms with Crippen molar-refractivity contribution in [3.05, 3.63) is 65.7 Å². The highest BCUT2D eigenvalue weighted by atomic mass is 16.4. The minimum Gasteiger partial charge on any atom is -0.508 e.